The molecule has 3 amide bonds. The highest BCUT2D eigenvalue weighted by atomic mass is 32.1. The molecule has 0 aliphatic carbocycles. The SMILES string of the molecule is Cc1cnc(CNC(=O)N(CC(N)=O)CC(=O)O)s1. The van der Waals surface area contributed by atoms with Gasteiger partial charge in [-0.15, -0.1) is 11.3 Å². The van der Waals surface area contributed by atoms with Gasteiger partial charge in [0.25, 0.3) is 0 Å². The summed E-state index contributed by atoms with van der Waals surface area (Å²) >= 11 is 1.42. The van der Waals surface area contributed by atoms with E-state index in [0.29, 0.717) is 5.01 Å². The molecule has 0 saturated heterocycles. The van der Waals surface area contributed by atoms with Gasteiger partial charge in [-0.3, -0.25) is 9.59 Å². The summed E-state index contributed by atoms with van der Waals surface area (Å²) in [7, 11) is 0. The molecule has 0 aromatic carbocycles. The van der Waals surface area contributed by atoms with Crippen LogP contribution in [0.25, 0.3) is 0 Å². The van der Waals surface area contributed by atoms with Crippen LogP contribution in [0.15, 0.2) is 6.20 Å². The minimum Gasteiger partial charge on any atom is -0.480 e. The summed E-state index contributed by atoms with van der Waals surface area (Å²) in [6.07, 6.45) is 1.67. The molecule has 1 aromatic rings. The Balaban J connectivity index is 2.55. The van der Waals surface area contributed by atoms with Crippen LogP contribution >= 0.6 is 11.3 Å². The molecule has 19 heavy (non-hydrogen) atoms. The number of nitrogens with one attached hydrogen (secondary N) is 1. The van der Waals surface area contributed by atoms with E-state index in [0.717, 1.165) is 9.78 Å². The van der Waals surface area contributed by atoms with Crippen LogP contribution < -0.4 is 11.1 Å². The van der Waals surface area contributed by atoms with Gasteiger partial charge in [0.05, 0.1) is 6.54 Å². The van der Waals surface area contributed by atoms with Crippen LogP contribution in [-0.4, -0.2) is 46.0 Å². The zero-order chi connectivity index (χ0) is 14.4. The quantitative estimate of drug-likeness (QED) is 0.652. The van der Waals surface area contributed by atoms with E-state index in [-0.39, 0.29) is 6.54 Å². The van der Waals surface area contributed by atoms with Gasteiger partial charge in [0, 0.05) is 11.1 Å². The Hall–Kier alpha value is -2.16. The van der Waals surface area contributed by atoms with Crippen molar-refractivity contribution in [1.29, 1.82) is 0 Å². The lowest BCUT2D eigenvalue weighted by molar-refractivity contribution is -0.137. The first kappa shape index (κ1) is 14.9. The lowest BCUT2D eigenvalue weighted by Crippen LogP contribution is -2.46. The molecule has 1 aromatic heterocycles. The maximum absolute atomic E-state index is 11.7. The van der Waals surface area contributed by atoms with E-state index in [1.54, 1.807) is 6.20 Å². The number of primary amides is 1. The van der Waals surface area contributed by atoms with Gasteiger partial charge in [-0.25, -0.2) is 9.78 Å². The maximum Gasteiger partial charge on any atom is 0.323 e. The predicted octanol–water partition coefficient (Wildman–Crippen LogP) is -0.467. The van der Waals surface area contributed by atoms with Gasteiger partial charge >= 0.3 is 12.0 Å². The van der Waals surface area contributed by atoms with Crippen molar-refractivity contribution in [1.82, 2.24) is 15.2 Å². The minimum atomic E-state index is -1.22. The van der Waals surface area contributed by atoms with Crippen molar-refractivity contribution >= 4 is 29.2 Å². The second kappa shape index (κ2) is 6.69. The summed E-state index contributed by atoms with van der Waals surface area (Å²) in [6, 6.07) is -0.672. The molecule has 0 aliphatic rings. The van der Waals surface area contributed by atoms with Gasteiger partial charge in [0.15, 0.2) is 0 Å². The molecule has 0 aliphatic heterocycles. The van der Waals surface area contributed by atoms with E-state index in [4.69, 9.17) is 10.8 Å². The number of aliphatic carboxylic acids is 1. The maximum atomic E-state index is 11.7. The number of aromatic nitrogens is 1. The number of amides is 3. The molecule has 1 rings (SSSR count). The van der Waals surface area contributed by atoms with Crippen molar-refractivity contribution in [2.45, 2.75) is 13.5 Å². The van der Waals surface area contributed by atoms with Crippen LogP contribution in [0.4, 0.5) is 4.79 Å². The number of nitrogens with two attached hydrogens (primary N) is 1. The minimum absolute atomic E-state index is 0.173. The molecule has 0 saturated carbocycles. The molecule has 4 N–H and O–H groups in total. The number of hydrogen-bond acceptors (Lipinski definition) is 5. The molecule has 8 nitrogen and oxygen atoms in total. The molecule has 1 heterocycles. The summed E-state index contributed by atoms with van der Waals surface area (Å²) in [5.41, 5.74) is 4.95. The smallest absolute Gasteiger partial charge is 0.323 e. The highest BCUT2D eigenvalue weighted by Gasteiger charge is 2.18. The summed E-state index contributed by atoms with van der Waals surface area (Å²) in [6.45, 7) is 1.01. The number of aryl methyl sites for hydroxylation is 1. The van der Waals surface area contributed by atoms with Crippen LogP contribution in [0, 0.1) is 6.92 Å². The van der Waals surface area contributed by atoms with Gasteiger partial charge in [0.1, 0.15) is 18.1 Å². The number of carbonyl (C=O) groups is 3. The molecule has 0 atom stereocenters. The third-order valence-electron chi connectivity index (χ3n) is 2.02. The van der Waals surface area contributed by atoms with Crippen molar-refractivity contribution < 1.29 is 19.5 Å². The Morgan fingerprint density at radius 2 is 2.16 bits per heavy atom. The lowest BCUT2D eigenvalue weighted by Gasteiger charge is -2.19. The number of nitrogens with zero attached hydrogens (tertiary/aromatic N) is 2. The standard InChI is InChI=1S/C10H14N4O4S/c1-6-2-12-8(19-6)3-13-10(18)14(4-7(11)15)5-9(16)17/h2H,3-5H2,1H3,(H2,11,15)(H,13,18)(H,16,17). The predicted molar refractivity (Wildman–Crippen MR) is 67.5 cm³/mol. The largest absolute Gasteiger partial charge is 0.480 e. The molecule has 0 unspecified atom stereocenters. The number of rotatable bonds is 6. The van der Waals surface area contributed by atoms with Crippen molar-refractivity contribution in [3.05, 3.63) is 16.1 Å². The van der Waals surface area contributed by atoms with Gasteiger partial charge in [-0.05, 0) is 6.92 Å². The van der Waals surface area contributed by atoms with E-state index in [1.165, 1.54) is 11.3 Å². The number of hydrogen-bond donors (Lipinski definition) is 3. The van der Waals surface area contributed by atoms with Crippen LogP contribution in [0.2, 0.25) is 0 Å². The average molecular weight is 286 g/mol. The van der Waals surface area contributed by atoms with Gasteiger partial charge < -0.3 is 21.1 Å². The Morgan fingerprint density at radius 3 is 2.63 bits per heavy atom. The van der Waals surface area contributed by atoms with Crippen molar-refractivity contribution in [2.24, 2.45) is 5.73 Å². The topological polar surface area (TPSA) is 126 Å². The van der Waals surface area contributed by atoms with E-state index in [1.807, 2.05) is 6.92 Å². The van der Waals surface area contributed by atoms with E-state index < -0.39 is 31.0 Å². The van der Waals surface area contributed by atoms with E-state index in [2.05, 4.69) is 10.3 Å². The van der Waals surface area contributed by atoms with E-state index >= 15 is 0 Å². The van der Waals surface area contributed by atoms with Crippen molar-refractivity contribution in [3.8, 4) is 0 Å². The zero-order valence-corrected chi connectivity index (χ0v) is 11.1. The summed E-state index contributed by atoms with van der Waals surface area (Å²) in [4.78, 5) is 38.9. The fourth-order valence-corrected chi connectivity index (χ4v) is 2.02. The number of carboxylic acids is 1. The fraction of sp³-hybridized carbons (Fsp3) is 0.400. The molecule has 9 heteroatoms. The van der Waals surface area contributed by atoms with Crippen LogP contribution in [0.1, 0.15) is 9.88 Å². The average Bonchev–Trinajstić information content (AvgIpc) is 2.70. The molecule has 104 valence electrons. The van der Waals surface area contributed by atoms with Crippen molar-refractivity contribution in [2.75, 3.05) is 13.1 Å². The normalized spacial score (nSPS) is 9.95. The van der Waals surface area contributed by atoms with Crippen LogP contribution in [0.3, 0.4) is 0 Å². The number of carboxylic acid groups (broad SMARTS) is 1. The first-order valence-corrected chi connectivity index (χ1v) is 6.14. The van der Waals surface area contributed by atoms with Crippen LogP contribution in [0.5, 0.6) is 0 Å². The summed E-state index contributed by atoms with van der Waals surface area (Å²) in [5, 5.41) is 11.8. The third kappa shape index (κ3) is 5.34. The Morgan fingerprint density at radius 1 is 1.47 bits per heavy atom. The molecule has 0 radical (unpaired) electrons. The van der Waals surface area contributed by atoms with Gasteiger partial charge in [-0.1, -0.05) is 0 Å². The van der Waals surface area contributed by atoms with Gasteiger partial charge in [-0.2, -0.15) is 0 Å². The Kier molecular flexibility index (Phi) is 5.24. The second-order valence-electron chi connectivity index (χ2n) is 3.74. The Bertz CT molecular complexity index is 472. The first-order valence-electron chi connectivity index (χ1n) is 5.32. The van der Waals surface area contributed by atoms with Gasteiger partial charge in [0.2, 0.25) is 5.91 Å². The second-order valence-corrected chi connectivity index (χ2v) is 5.06. The fourth-order valence-electron chi connectivity index (χ4n) is 1.30. The summed E-state index contributed by atoms with van der Waals surface area (Å²) < 4.78 is 0. The monoisotopic (exact) mass is 286 g/mol. The van der Waals surface area contributed by atoms with E-state index in [9.17, 15) is 14.4 Å². The molecule has 0 bridgehead atoms. The van der Waals surface area contributed by atoms with Crippen molar-refractivity contribution in [3.63, 3.8) is 0 Å². The number of thiazole rings is 1. The molecule has 0 spiro atoms. The number of urea groups is 1. The Labute approximate surface area is 113 Å². The highest BCUT2D eigenvalue weighted by molar-refractivity contribution is 7.11. The molecular formula is C10H14N4O4S. The summed E-state index contributed by atoms with van der Waals surface area (Å²) in [5.74, 6) is -2.00. The molecule has 0 fully saturated rings. The number of carbonyl (C=O) groups excluding carboxylic acids is 2. The molecular weight excluding hydrogens is 272 g/mol. The third-order valence-corrected chi connectivity index (χ3v) is 2.93. The van der Waals surface area contributed by atoms with Crippen LogP contribution in [-0.2, 0) is 16.1 Å². The zero-order valence-electron chi connectivity index (χ0n) is 10.3. The highest BCUT2D eigenvalue weighted by Crippen LogP contribution is 2.10. The first-order chi connectivity index (χ1) is 8.88. The lowest BCUT2D eigenvalue weighted by atomic mass is 10.4.